The predicted molar refractivity (Wildman–Crippen MR) is 79.0 cm³/mol. The van der Waals surface area contributed by atoms with Gasteiger partial charge in [0.1, 0.15) is 0 Å². The monoisotopic (exact) mass is 312 g/mol. The van der Waals surface area contributed by atoms with E-state index >= 15 is 0 Å². The zero-order valence-corrected chi connectivity index (χ0v) is 12.4. The summed E-state index contributed by atoms with van der Waals surface area (Å²) in [6.45, 7) is 0.544. The molecule has 2 rings (SSSR count). The van der Waals surface area contributed by atoms with Crippen LogP contribution in [0, 0.1) is 16.0 Å². The van der Waals surface area contributed by atoms with Crippen LogP contribution in [0.2, 0.25) is 0 Å². The van der Waals surface area contributed by atoms with E-state index in [-0.39, 0.29) is 28.3 Å². The highest BCUT2D eigenvalue weighted by Crippen LogP contribution is 2.29. The molecule has 0 aromatic heterocycles. The average molecular weight is 313 g/mol. The summed E-state index contributed by atoms with van der Waals surface area (Å²) in [6.07, 6.45) is 2.86. The molecular weight excluding hydrogens is 296 g/mol. The topological polar surface area (TPSA) is 81.5 Å². The number of hydrogen-bond donors (Lipinski definition) is 1. The molecule has 6 nitrogen and oxygen atoms in total. The highest BCUT2D eigenvalue weighted by molar-refractivity contribution is 6.20. The second-order valence-corrected chi connectivity index (χ2v) is 5.75. The molecule has 1 amide bonds. The van der Waals surface area contributed by atoms with E-state index in [2.05, 4.69) is 5.32 Å². The van der Waals surface area contributed by atoms with Crippen molar-refractivity contribution >= 4 is 23.2 Å². The van der Waals surface area contributed by atoms with Crippen molar-refractivity contribution in [3.05, 3.63) is 33.9 Å². The Balaban J connectivity index is 2.02. The fraction of sp³-hybridized carbons (Fsp3) is 0.500. The third-order valence-corrected chi connectivity index (χ3v) is 4.06. The van der Waals surface area contributed by atoms with Gasteiger partial charge in [-0.2, -0.15) is 0 Å². The number of rotatable bonds is 5. The van der Waals surface area contributed by atoms with Gasteiger partial charge in [-0.3, -0.25) is 14.9 Å². The zero-order chi connectivity index (χ0) is 15.4. The minimum atomic E-state index is -0.565. The van der Waals surface area contributed by atoms with Gasteiger partial charge in [0.25, 0.3) is 5.91 Å². The molecule has 2 unspecified atom stereocenters. The number of nitro groups is 1. The van der Waals surface area contributed by atoms with Crippen LogP contribution in [0.1, 0.15) is 29.6 Å². The van der Waals surface area contributed by atoms with Crippen LogP contribution >= 0.6 is 11.6 Å². The second kappa shape index (κ2) is 6.76. The van der Waals surface area contributed by atoms with E-state index < -0.39 is 4.92 Å². The fourth-order valence-corrected chi connectivity index (χ4v) is 2.89. The number of hydrogen-bond acceptors (Lipinski definition) is 4. The second-order valence-electron chi connectivity index (χ2n) is 5.13. The van der Waals surface area contributed by atoms with E-state index in [1.54, 1.807) is 0 Å². The Morgan fingerprint density at radius 2 is 2.29 bits per heavy atom. The number of halogens is 1. The van der Waals surface area contributed by atoms with Crippen molar-refractivity contribution in [3.8, 4) is 5.75 Å². The molecule has 7 heteroatoms. The lowest BCUT2D eigenvalue weighted by Crippen LogP contribution is -2.28. The highest BCUT2D eigenvalue weighted by atomic mass is 35.5. The number of carbonyl (C=O) groups excluding carboxylic acids is 1. The number of benzene rings is 1. The third-order valence-electron chi connectivity index (χ3n) is 3.67. The largest absolute Gasteiger partial charge is 0.490 e. The summed E-state index contributed by atoms with van der Waals surface area (Å²) in [7, 11) is 1.35. The Bertz CT molecular complexity index is 550. The summed E-state index contributed by atoms with van der Waals surface area (Å²) < 4.78 is 4.91. The lowest BCUT2D eigenvalue weighted by molar-refractivity contribution is -0.385. The molecule has 21 heavy (non-hydrogen) atoms. The van der Waals surface area contributed by atoms with Gasteiger partial charge in [-0.15, -0.1) is 11.6 Å². The SMILES string of the molecule is COc1ccc(C(=O)NCC2CCC(Cl)C2)cc1[N+](=O)[O-]. The molecule has 0 aliphatic heterocycles. The van der Waals surface area contributed by atoms with Crippen molar-refractivity contribution in [2.45, 2.75) is 24.6 Å². The lowest BCUT2D eigenvalue weighted by Gasteiger charge is -2.11. The number of alkyl halides is 1. The summed E-state index contributed by atoms with van der Waals surface area (Å²) in [6, 6.07) is 4.17. The first-order valence-corrected chi connectivity index (χ1v) is 7.19. The smallest absolute Gasteiger partial charge is 0.311 e. The predicted octanol–water partition coefficient (Wildman–Crippen LogP) is 2.74. The van der Waals surface area contributed by atoms with Crippen molar-refractivity contribution in [2.75, 3.05) is 13.7 Å². The number of nitro benzene ring substituents is 1. The van der Waals surface area contributed by atoms with Crippen molar-refractivity contribution in [3.63, 3.8) is 0 Å². The fourth-order valence-electron chi connectivity index (χ4n) is 2.51. The summed E-state index contributed by atoms with van der Waals surface area (Å²) in [5, 5.41) is 13.9. The maximum Gasteiger partial charge on any atom is 0.311 e. The number of nitrogens with one attached hydrogen (secondary N) is 1. The van der Waals surface area contributed by atoms with E-state index in [9.17, 15) is 14.9 Å². The standard InChI is InChI=1S/C14H17ClN2O4/c1-21-13-5-3-10(7-12(13)17(19)20)14(18)16-8-9-2-4-11(15)6-9/h3,5,7,9,11H,2,4,6,8H2,1H3,(H,16,18). The van der Waals surface area contributed by atoms with Gasteiger partial charge in [-0.25, -0.2) is 0 Å². The average Bonchev–Trinajstić information content (AvgIpc) is 2.89. The molecular formula is C14H17ClN2O4. The molecule has 1 aliphatic carbocycles. The Labute approximate surface area is 127 Å². The van der Waals surface area contributed by atoms with Crippen molar-refractivity contribution in [1.29, 1.82) is 0 Å². The van der Waals surface area contributed by atoms with Crippen LogP contribution in [-0.4, -0.2) is 29.9 Å². The molecule has 1 saturated carbocycles. The van der Waals surface area contributed by atoms with E-state index in [1.165, 1.54) is 25.3 Å². The van der Waals surface area contributed by atoms with Gasteiger partial charge in [-0.05, 0) is 37.3 Å². The molecule has 0 saturated heterocycles. The summed E-state index contributed by atoms with van der Waals surface area (Å²) in [4.78, 5) is 22.4. The van der Waals surface area contributed by atoms with Gasteiger partial charge in [0.15, 0.2) is 5.75 Å². The van der Waals surface area contributed by atoms with E-state index in [1.807, 2.05) is 0 Å². The molecule has 0 bridgehead atoms. The zero-order valence-electron chi connectivity index (χ0n) is 11.7. The van der Waals surface area contributed by atoms with Crippen LogP contribution in [0.15, 0.2) is 18.2 Å². The van der Waals surface area contributed by atoms with Crippen LogP contribution < -0.4 is 10.1 Å². The molecule has 0 spiro atoms. The van der Waals surface area contributed by atoms with Crippen LogP contribution in [0.25, 0.3) is 0 Å². The molecule has 0 heterocycles. The maximum atomic E-state index is 12.0. The Morgan fingerprint density at radius 1 is 1.52 bits per heavy atom. The molecule has 114 valence electrons. The molecule has 1 N–H and O–H groups in total. The first kappa shape index (κ1) is 15.6. The highest BCUT2D eigenvalue weighted by Gasteiger charge is 2.24. The molecule has 0 radical (unpaired) electrons. The first-order chi connectivity index (χ1) is 10.0. The summed E-state index contributed by atoms with van der Waals surface area (Å²) >= 11 is 6.03. The van der Waals surface area contributed by atoms with Gasteiger partial charge in [0.2, 0.25) is 0 Å². The Kier molecular flexibility index (Phi) is 5.01. The minimum Gasteiger partial charge on any atom is -0.490 e. The number of amides is 1. The number of nitrogens with zero attached hydrogens (tertiary/aromatic N) is 1. The molecule has 1 aromatic rings. The van der Waals surface area contributed by atoms with E-state index in [0.717, 1.165) is 19.3 Å². The third kappa shape index (κ3) is 3.85. The first-order valence-electron chi connectivity index (χ1n) is 6.76. The van der Waals surface area contributed by atoms with Gasteiger partial charge in [-0.1, -0.05) is 0 Å². The molecule has 1 aliphatic rings. The number of ether oxygens (including phenoxy) is 1. The Hall–Kier alpha value is -1.82. The summed E-state index contributed by atoms with van der Waals surface area (Å²) in [5.74, 6) is 0.195. The van der Waals surface area contributed by atoms with Crippen LogP contribution in [-0.2, 0) is 0 Å². The molecule has 1 aromatic carbocycles. The summed E-state index contributed by atoms with van der Waals surface area (Å²) in [5.41, 5.74) is 0.0368. The van der Waals surface area contributed by atoms with Gasteiger partial charge < -0.3 is 10.1 Å². The van der Waals surface area contributed by atoms with Gasteiger partial charge >= 0.3 is 5.69 Å². The van der Waals surface area contributed by atoms with Crippen LogP contribution in [0.4, 0.5) is 5.69 Å². The molecule has 1 fully saturated rings. The molecule has 2 atom stereocenters. The maximum absolute atomic E-state index is 12.0. The number of carbonyl (C=O) groups is 1. The Morgan fingerprint density at radius 3 is 2.86 bits per heavy atom. The quantitative estimate of drug-likeness (QED) is 0.515. The van der Waals surface area contributed by atoms with Crippen molar-refractivity contribution in [2.24, 2.45) is 5.92 Å². The lowest BCUT2D eigenvalue weighted by atomic mass is 10.1. The minimum absolute atomic E-state index is 0.136. The van der Waals surface area contributed by atoms with E-state index in [0.29, 0.717) is 12.5 Å². The van der Waals surface area contributed by atoms with Crippen LogP contribution in [0.5, 0.6) is 5.75 Å². The van der Waals surface area contributed by atoms with Gasteiger partial charge in [0.05, 0.1) is 12.0 Å². The van der Waals surface area contributed by atoms with E-state index in [4.69, 9.17) is 16.3 Å². The van der Waals surface area contributed by atoms with Gasteiger partial charge in [0, 0.05) is 23.6 Å². The van der Waals surface area contributed by atoms with Crippen molar-refractivity contribution < 1.29 is 14.5 Å². The van der Waals surface area contributed by atoms with Crippen molar-refractivity contribution in [1.82, 2.24) is 5.32 Å². The number of methoxy groups -OCH3 is 1. The van der Waals surface area contributed by atoms with Crippen LogP contribution in [0.3, 0.4) is 0 Å². The normalized spacial score (nSPS) is 21.0.